The van der Waals surface area contributed by atoms with Crippen molar-refractivity contribution < 1.29 is 0 Å². The van der Waals surface area contributed by atoms with Gasteiger partial charge in [-0.25, -0.2) is 0 Å². The summed E-state index contributed by atoms with van der Waals surface area (Å²) in [6.45, 7) is 2.39. The predicted octanol–water partition coefficient (Wildman–Crippen LogP) is 18.0. The summed E-state index contributed by atoms with van der Waals surface area (Å²) < 4.78 is 0. The second-order valence-corrected chi connectivity index (χ2v) is 17.7. The third-order valence-corrected chi connectivity index (χ3v) is 14.0. The van der Waals surface area contributed by atoms with Crippen LogP contribution in [0.2, 0.25) is 0 Å². The zero-order valence-corrected chi connectivity index (χ0v) is 37.4. The van der Waals surface area contributed by atoms with Crippen LogP contribution >= 0.6 is 0 Å². The first kappa shape index (κ1) is 40.0. The average Bonchev–Trinajstić information content (AvgIpc) is 3.68. The van der Waals surface area contributed by atoms with Gasteiger partial charge in [0.2, 0.25) is 0 Å². The molecular formula is C66H47N. The van der Waals surface area contributed by atoms with Crippen molar-refractivity contribution >= 4 is 27.8 Å². The van der Waals surface area contributed by atoms with Gasteiger partial charge in [-0.3, -0.25) is 0 Å². The van der Waals surface area contributed by atoms with Gasteiger partial charge in [0.05, 0.1) is 11.4 Å². The summed E-state index contributed by atoms with van der Waals surface area (Å²) in [4.78, 5) is 2.48. The van der Waals surface area contributed by atoms with E-state index in [1.807, 2.05) is 0 Å². The van der Waals surface area contributed by atoms with E-state index in [0.29, 0.717) is 0 Å². The first-order valence-electron chi connectivity index (χ1n) is 23.3. The Labute approximate surface area is 393 Å². The van der Waals surface area contributed by atoms with Gasteiger partial charge in [0.25, 0.3) is 0 Å². The monoisotopic (exact) mass is 853 g/mol. The molecule has 1 unspecified atom stereocenters. The van der Waals surface area contributed by atoms with Gasteiger partial charge >= 0.3 is 0 Å². The van der Waals surface area contributed by atoms with E-state index < -0.39 is 0 Å². The quantitative estimate of drug-likeness (QED) is 0.140. The minimum atomic E-state index is -0.272. The van der Waals surface area contributed by atoms with Gasteiger partial charge in [-0.1, -0.05) is 237 Å². The van der Waals surface area contributed by atoms with Gasteiger partial charge in [-0.2, -0.15) is 0 Å². The van der Waals surface area contributed by atoms with Crippen molar-refractivity contribution in [3.05, 3.63) is 284 Å². The Morgan fingerprint density at radius 2 is 0.776 bits per heavy atom. The van der Waals surface area contributed by atoms with E-state index in [2.05, 4.69) is 279 Å². The van der Waals surface area contributed by atoms with E-state index in [1.165, 1.54) is 77.5 Å². The van der Waals surface area contributed by atoms with E-state index >= 15 is 0 Å². The molecule has 12 rings (SSSR count). The average molecular weight is 854 g/mol. The summed E-state index contributed by atoms with van der Waals surface area (Å²) in [5, 5.41) is 2.45. The molecule has 0 spiro atoms. The third-order valence-electron chi connectivity index (χ3n) is 14.0. The number of benzene rings is 11. The zero-order valence-electron chi connectivity index (χ0n) is 37.4. The Kier molecular flexibility index (Phi) is 10.0. The molecule has 0 heterocycles. The van der Waals surface area contributed by atoms with Gasteiger partial charge < -0.3 is 4.90 Å². The molecule has 0 bridgehead atoms. The molecule has 11 aromatic rings. The standard InChI is InChI=1S/C66H47N/c1-66(52-29-12-5-13-30-52)60-36-16-14-32-58(60)65-55(34-20-37-61(65)66)49-39-42-53(43-40-49)67(63-44-41-51(46-21-6-2-7-22-46)45-59(63)48-25-10-4-11-26-48)62-38-17-15-31-56(62)57-35-19-28-50-27-18-33-54(64(50)57)47-23-8-3-9-24-47/h2-45H,1H3. The maximum Gasteiger partial charge on any atom is 0.0540 e. The molecule has 0 radical (unpaired) electrons. The fourth-order valence-corrected chi connectivity index (χ4v) is 10.8. The minimum Gasteiger partial charge on any atom is -0.309 e. The van der Waals surface area contributed by atoms with Gasteiger partial charge in [-0.15, -0.1) is 0 Å². The highest BCUT2D eigenvalue weighted by atomic mass is 15.1. The third kappa shape index (κ3) is 6.87. The molecule has 1 nitrogen and oxygen atoms in total. The summed E-state index contributed by atoms with van der Waals surface area (Å²) in [5.74, 6) is 0. The van der Waals surface area contributed by atoms with Crippen molar-refractivity contribution in [1.29, 1.82) is 0 Å². The van der Waals surface area contributed by atoms with Crippen LogP contribution in [-0.4, -0.2) is 0 Å². The number of fused-ring (bicyclic) bond motifs is 4. The molecule has 0 aliphatic heterocycles. The lowest BCUT2D eigenvalue weighted by atomic mass is 9.74. The van der Waals surface area contributed by atoms with Crippen molar-refractivity contribution in [3.63, 3.8) is 0 Å². The number of para-hydroxylation sites is 1. The van der Waals surface area contributed by atoms with Crippen molar-refractivity contribution in [2.45, 2.75) is 12.3 Å². The summed E-state index contributed by atoms with van der Waals surface area (Å²) in [5.41, 5.74) is 21.5. The van der Waals surface area contributed by atoms with Gasteiger partial charge in [0.1, 0.15) is 0 Å². The molecule has 316 valence electrons. The summed E-state index contributed by atoms with van der Waals surface area (Å²) >= 11 is 0. The number of rotatable bonds is 9. The van der Waals surface area contributed by atoms with E-state index in [0.717, 1.165) is 33.8 Å². The minimum absolute atomic E-state index is 0.272. The van der Waals surface area contributed by atoms with Crippen molar-refractivity contribution in [2.24, 2.45) is 0 Å². The van der Waals surface area contributed by atoms with Crippen LogP contribution in [0.15, 0.2) is 267 Å². The number of nitrogens with zero attached hydrogens (tertiary/aromatic N) is 1. The van der Waals surface area contributed by atoms with Gasteiger partial charge in [0.15, 0.2) is 0 Å². The van der Waals surface area contributed by atoms with Gasteiger partial charge in [0, 0.05) is 22.2 Å². The van der Waals surface area contributed by atoms with E-state index in [4.69, 9.17) is 0 Å². The van der Waals surface area contributed by atoms with Crippen LogP contribution in [-0.2, 0) is 5.41 Å². The highest BCUT2D eigenvalue weighted by Crippen LogP contribution is 2.55. The molecule has 0 saturated carbocycles. The smallest absolute Gasteiger partial charge is 0.0540 e. The highest BCUT2D eigenvalue weighted by Gasteiger charge is 2.41. The Bertz CT molecular complexity index is 3550. The summed E-state index contributed by atoms with van der Waals surface area (Å²) in [6.07, 6.45) is 0. The first-order valence-corrected chi connectivity index (χ1v) is 23.3. The molecule has 0 amide bonds. The van der Waals surface area contributed by atoms with Crippen LogP contribution in [0.1, 0.15) is 23.6 Å². The van der Waals surface area contributed by atoms with Crippen molar-refractivity contribution in [2.75, 3.05) is 4.90 Å². The maximum atomic E-state index is 2.48. The second kappa shape index (κ2) is 16.8. The Hall–Kier alpha value is -8.52. The molecule has 0 N–H and O–H groups in total. The fraction of sp³-hybridized carbons (Fsp3) is 0.0303. The van der Waals surface area contributed by atoms with Crippen LogP contribution in [0, 0.1) is 0 Å². The molecule has 0 aromatic heterocycles. The molecule has 0 saturated heterocycles. The van der Waals surface area contributed by atoms with Gasteiger partial charge in [-0.05, 0) is 120 Å². The zero-order chi connectivity index (χ0) is 44.7. The van der Waals surface area contributed by atoms with Crippen LogP contribution in [0.3, 0.4) is 0 Å². The molecule has 1 atom stereocenters. The Morgan fingerprint density at radius 3 is 1.48 bits per heavy atom. The van der Waals surface area contributed by atoms with E-state index in [1.54, 1.807) is 0 Å². The molecule has 0 fully saturated rings. The molecule has 1 heteroatoms. The lowest BCUT2D eigenvalue weighted by molar-refractivity contribution is 0.714. The summed E-state index contributed by atoms with van der Waals surface area (Å²) in [6, 6.07) is 97.8. The number of hydrogen-bond donors (Lipinski definition) is 0. The van der Waals surface area contributed by atoms with Crippen LogP contribution in [0.25, 0.3) is 77.5 Å². The lowest BCUT2D eigenvalue weighted by Crippen LogP contribution is -2.22. The second-order valence-electron chi connectivity index (χ2n) is 17.7. The normalized spacial score (nSPS) is 13.8. The molecular weight excluding hydrogens is 807 g/mol. The van der Waals surface area contributed by atoms with E-state index in [9.17, 15) is 0 Å². The summed E-state index contributed by atoms with van der Waals surface area (Å²) in [7, 11) is 0. The molecule has 11 aromatic carbocycles. The van der Waals surface area contributed by atoms with E-state index in [-0.39, 0.29) is 5.41 Å². The van der Waals surface area contributed by atoms with Crippen LogP contribution in [0.4, 0.5) is 17.1 Å². The number of hydrogen-bond acceptors (Lipinski definition) is 1. The SMILES string of the molecule is CC1(c2ccccc2)c2ccccc2-c2c(-c3ccc(N(c4ccc(-c5ccccc5)cc4-c4ccccc4)c4ccccc4-c4cccc5cccc(-c6ccccc6)c45)cc3)cccc21. The first-order chi connectivity index (χ1) is 33.1. The molecule has 1 aliphatic carbocycles. The Balaban J connectivity index is 1.08. The number of anilines is 3. The largest absolute Gasteiger partial charge is 0.309 e. The fourth-order valence-electron chi connectivity index (χ4n) is 10.8. The molecule has 67 heavy (non-hydrogen) atoms. The Morgan fingerprint density at radius 1 is 0.299 bits per heavy atom. The predicted molar refractivity (Wildman–Crippen MR) is 283 cm³/mol. The van der Waals surface area contributed by atoms with Crippen molar-refractivity contribution in [3.8, 4) is 66.8 Å². The topological polar surface area (TPSA) is 3.24 Å². The molecule has 1 aliphatic rings. The van der Waals surface area contributed by atoms with Crippen molar-refractivity contribution in [1.82, 2.24) is 0 Å². The highest BCUT2D eigenvalue weighted by molar-refractivity contribution is 6.09. The maximum absolute atomic E-state index is 2.48. The van der Waals surface area contributed by atoms with Crippen LogP contribution in [0.5, 0.6) is 0 Å². The van der Waals surface area contributed by atoms with Crippen LogP contribution < -0.4 is 4.90 Å². The lowest BCUT2D eigenvalue weighted by Gasteiger charge is -2.31.